The lowest BCUT2D eigenvalue weighted by Gasteiger charge is -2.47. The van der Waals surface area contributed by atoms with Crippen molar-refractivity contribution in [3.05, 3.63) is 48.0 Å². The van der Waals surface area contributed by atoms with Crippen molar-refractivity contribution in [1.82, 2.24) is 4.90 Å². The van der Waals surface area contributed by atoms with E-state index in [2.05, 4.69) is 22.8 Å². The number of hydrogen-bond donors (Lipinski definition) is 2. The molecule has 7 nitrogen and oxygen atoms in total. The van der Waals surface area contributed by atoms with Gasteiger partial charge in [-0.3, -0.25) is 9.79 Å². The summed E-state index contributed by atoms with van der Waals surface area (Å²) in [6, 6.07) is 14.1. The molecule has 4 aliphatic rings. The topological polar surface area (TPSA) is 75.2 Å². The highest BCUT2D eigenvalue weighted by Gasteiger charge is 2.45. The predicted octanol–water partition coefficient (Wildman–Crippen LogP) is 4.27. The van der Waals surface area contributed by atoms with Crippen molar-refractivity contribution in [2.75, 3.05) is 30.5 Å². The Balaban J connectivity index is 1.32. The molecular weight excluding hydrogens is 404 g/mol. The van der Waals surface area contributed by atoms with Crippen molar-refractivity contribution in [3.63, 3.8) is 0 Å². The molecule has 3 aliphatic heterocycles. The van der Waals surface area contributed by atoms with E-state index in [1.807, 2.05) is 29.2 Å². The van der Waals surface area contributed by atoms with Crippen LogP contribution in [0.1, 0.15) is 48.9 Å². The van der Waals surface area contributed by atoms with Gasteiger partial charge >= 0.3 is 0 Å². The second-order valence-electron chi connectivity index (χ2n) is 9.19. The Hall–Kier alpha value is -3.22. The Kier molecular flexibility index (Phi) is 4.70. The third-order valence-electron chi connectivity index (χ3n) is 7.04. The molecule has 1 amide bonds. The van der Waals surface area contributed by atoms with Crippen molar-refractivity contribution in [2.45, 2.75) is 50.1 Å². The lowest BCUT2D eigenvalue weighted by Crippen LogP contribution is -2.62. The number of aliphatic imine (C=N–C) groups is 1. The smallest absolute Gasteiger partial charge is 0.254 e. The number of carbonyl (C=O) groups is 1. The molecule has 2 N–H and O–H groups in total. The number of para-hydroxylation sites is 2. The second-order valence-corrected chi connectivity index (χ2v) is 9.19. The summed E-state index contributed by atoms with van der Waals surface area (Å²) < 4.78 is 10.9. The number of ether oxygens (including phenoxy) is 2. The van der Waals surface area contributed by atoms with Crippen LogP contribution in [0, 0.1) is 0 Å². The van der Waals surface area contributed by atoms with Crippen LogP contribution in [0.25, 0.3) is 0 Å². The van der Waals surface area contributed by atoms with E-state index >= 15 is 0 Å². The number of amides is 1. The molecule has 1 aliphatic carbocycles. The van der Waals surface area contributed by atoms with Crippen molar-refractivity contribution in [3.8, 4) is 11.5 Å². The largest absolute Gasteiger partial charge is 0.454 e. The minimum absolute atomic E-state index is 0.0169. The van der Waals surface area contributed by atoms with Crippen molar-refractivity contribution < 1.29 is 14.3 Å². The minimum Gasteiger partial charge on any atom is -0.454 e. The number of carbonyl (C=O) groups excluding carboxylic acids is 1. The molecule has 1 saturated heterocycles. The van der Waals surface area contributed by atoms with E-state index in [0.29, 0.717) is 29.6 Å². The number of likely N-dealkylation sites (tertiary alicyclic amines) is 1. The third kappa shape index (κ3) is 3.36. The molecule has 3 heterocycles. The number of nitrogens with one attached hydrogen (secondary N) is 2. The summed E-state index contributed by atoms with van der Waals surface area (Å²) in [6.45, 7) is 1.51. The summed E-state index contributed by atoms with van der Waals surface area (Å²) in [5, 5.41) is 7.41. The summed E-state index contributed by atoms with van der Waals surface area (Å²) in [5.74, 6) is 2.32. The predicted molar refractivity (Wildman–Crippen MR) is 124 cm³/mol. The fraction of sp³-hybridized carbons (Fsp3) is 0.440. The first-order valence-corrected chi connectivity index (χ1v) is 11.6. The van der Waals surface area contributed by atoms with Crippen LogP contribution in [0.2, 0.25) is 0 Å². The zero-order valence-electron chi connectivity index (χ0n) is 18.1. The van der Waals surface area contributed by atoms with Gasteiger partial charge in [-0.15, -0.1) is 0 Å². The van der Waals surface area contributed by atoms with Gasteiger partial charge in [-0.1, -0.05) is 25.0 Å². The molecule has 0 aromatic heterocycles. The monoisotopic (exact) mass is 432 g/mol. The number of hydrogen-bond acceptors (Lipinski definition) is 5. The minimum atomic E-state index is -0.402. The van der Waals surface area contributed by atoms with Crippen LogP contribution in [0.15, 0.2) is 47.5 Å². The lowest BCUT2D eigenvalue weighted by molar-refractivity contribution is 0.0694. The van der Waals surface area contributed by atoms with Gasteiger partial charge in [0.05, 0.1) is 24.0 Å². The van der Waals surface area contributed by atoms with E-state index in [-0.39, 0.29) is 12.7 Å². The van der Waals surface area contributed by atoms with Gasteiger partial charge in [0.2, 0.25) is 6.79 Å². The van der Waals surface area contributed by atoms with Crippen LogP contribution in [0.4, 0.5) is 11.4 Å². The van der Waals surface area contributed by atoms with Crippen molar-refractivity contribution >= 4 is 23.1 Å². The Labute approximate surface area is 187 Å². The SMILES string of the molecule is O=C(c1ccc2c(c1)OCO2)N1CCC[C@@]2(C1)Nc1ccccc1NC2=NC1CCCC1. The average Bonchev–Trinajstić information content (AvgIpc) is 3.50. The van der Waals surface area contributed by atoms with Gasteiger partial charge in [0.1, 0.15) is 11.4 Å². The Bertz CT molecular complexity index is 1080. The maximum atomic E-state index is 13.5. The van der Waals surface area contributed by atoms with Crippen molar-refractivity contribution in [2.24, 2.45) is 4.99 Å². The van der Waals surface area contributed by atoms with E-state index in [0.717, 1.165) is 49.4 Å². The molecule has 0 bridgehead atoms. The fourth-order valence-corrected chi connectivity index (χ4v) is 5.37. The summed E-state index contributed by atoms with van der Waals surface area (Å²) >= 11 is 0. The summed E-state index contributed by atoms with van der Waals surface area (Å²) in [6.07, 6.45) is 6.62. The molecule has 0 radical (unpaired) electrons. The average molecular weight is 433 g/mol. The number of piperidine rings is 1. The van der Waals surface area contributed by atoms with E-state index in [9.17, 15) is 4.79 Å². The summed E-state index contributed by atoms with van der Waals surface area (Å²) in [4.78, 5) is 20.6. The molecular formula is C25H28N4O3. The third-order valence-corrected chi connectivity index (χ3v) is 7.04. The van der Waals surface area contributed by atoms with Crippen LogP contribution in [-0.2, 0) is 0 Å². The molecule has 166 valence electrons. The van der Waals surface area contributed by atoms with Crippen LogP contribution in [-0.4, -0.2) is 48.1 Å². The van der Waals surface area contributed by atoms with Gasteiger partial charge in [-0.25, -0.2) is 0 Å². The molecule has 0 unspecified atom stereocenters. The van der Waals surface area contributed by atoms with Gasteiger partial charge in [-0.2, -0.15) is 0 Å². The first kappa shape index (κ1) is 19.5. The van der Waals surface area contributed by atoms with Crippen LogP contribution in [0.5, 0.6) is 11.5 Å². The van der Waals surface area contributed by atoms with E-state index in [1.165, 1.54) is 12.8 Å². The highest BCUT2D eigenvalue weighted by molar-refractivity contribution is 6.10. The molecule has 2 fully saturated rings. The number of rotatable bonds is 2. The van der Waals surface area contributed by atoms with E-state index < -0.39 is 5.54 Å². The highest BCUT2D eigenvalue weighted by atomic mass is 16.7. The van der Waals surface area contributed by atoms with Crippen LogP contribution < -0.4 is 20.1 Å². The van der Waals surface area contributed by atoms with Gasteiger partial charge < -0.3 is 25.0 Å². The quantitative estimate of drug-likeness (QED) is 0.741. The van der Waals surface area contributed by atoms with E-state index in [1.54, 1.807) is 6.07 Å². The Morgan fingerprint density at radius 3 is 2.72 bits per heavy atom. The number of anilines is 2. The normalized spacial score (nSPS) is 25.5. The fourth-order valence-electron chi connectivity index (χ4n) is 5.37. The van der Waals surface area contributed by atoms with Gasteiger partial charge in [-0.05, 0) is 56.0 Å². The van der Waals surface area contributed by atoms with Gasteiger partial charge in [0, 0.05) is 12.1 Å². The lowest BCUT2D eigenvalue weighted by atomic mass is 9.84. The Morgan fingerprint density at radius 1 is 1.03 bits per heavy atom. The molecule has 2 aromatic carbocycles. The Morgan fingerprint density at radius 2 is 1.84 bits per heavy atom. The van der Waals surface area contributed by atoms with Crippen LogP contribution >= 0.6 is 0 Å². The summed E-state index contributed by atoms with van der Waals surface area (Å²) in [5.41, 5.74) is 2.34. The van der Waals surface area contributed by atoms with Crippen molar-refractivity contribution in [1.29, 1.82) is 0 Å². The number of amidine groups is 1. The van der Waals surface area contributed by atoms with Gasteiger partial charge in [0.15, 0.2) is 11.5 Å². The summed E-state index contributed by atoms with van der Waals surface area (Å²) in [7, 11) is 0. The standard InChI is InChI=1S/C25H28N4O3/c30-23(17-10-11-21-22(14-17)32-16-31-21)29-13-5-12-25(15-29)24(26-18-6-1-2-7-18)27-19-8-3-4-9-20(19)28-25/h3-4,8-11,14,18,28H,1-2,5-7,12-13,15-16H2,(H,26,27)/t25-/m0/s1. The molecule has 1 atom stereocenters. The molecule has 6 rings (SSSR count). The number of benzene rings is 2. The number of nitrogens with zero attached hydrogens (tertiary/aromatic N) is 2. The molecule has 7 heteroatoms. The van der Waals surface area contributed by atoms with E-state index in [4.69, 9.17) is 14.5 Å². The van der Waals surface area contributed by atoms with Gasteiger partial charge in [0.25, 0.3) is 5.91 Å². The molecule has 1 saturated carbocycles. The zero-order valence-corrected chi connectivity index (χ0v) is 18.1. The maximum absolute atomic E-state index is 13.5. The molecule has 32 heavy (non-hydrogen) atoms. The first-order chi connectivity index (χ1) is 15.7. The highest BCUT2D eigenvalue weighted by Crippen LogP contribution is 2.38. The first-order valence-electron chi connectivity index (χ1n) is 11.6. The number of fused-ring (bicyclic) bond motifs is 2. The molecule has 2 aromatic rings. The second kappa shape index (κ2) is 7.73. The molecule has 1 spiro atoms. The maximum Gasteiger partial charge on any atom is 0.254 e. The van der Waals surface area contributed by atoms with Crippen LogP contribution in [0.3, 0.4) is 0 Å². The zero-order chi connectivity index (χ0) is 21.5.